The molecular formula is C52H34N2. The van der Waals surface area contributed by atoms with Crippen LogP contribution in [0, 0.1) is 0 Å². The SMILES string of the molecule is c1ccc(-c2ccc(N(c3ccc4c(ccc5ccc6ccc7ccccc7c6c54)c3)c3ccc4c(c3)c3ccccc3n4-c3ccccc3)cc2)cc1. The van der Waals surface area contributed by atoms with Crippen LogP contribution in [-0.2, 0) is 0 Å². The van der Waals surface area contributed by atoms with Crippen LogP contribution in [0.3, 0.4) is 0 Å². The first-order chi connectivity index (χ1) is 26.8. The van der Waals surface area contributed by atoms with Gasteiger partial charge in [-0.1, -0.05) is 146 Å². The third-order valence-corrected chi connectivity index (χ3v) is 11.1. The van der Waals surface area contributed by atoms with Crippen LogP contribution in [0.1, 0.15) is 0 Å². The summed E-state index contributed by atoms with van der Waals surface area (Å²) < 4.78 is 2.38. The Bertz CT molecular complexity index is 3190. The molecule has 1 aromatic heterocycles. The first kappa shape index (κ1) is 30.5. The number of aromatic nitrogens is 1. The van der Waals surface area contributed by atoms with E-state index >= 15 is 0 Å². The lowest BCUT2D eigenvalue weighted by Gasteiger charge is -2.26. The van der Waals surface area contributed by atoms with Crippen molar-refractivity contribution in [1.82, 2.24) is 4.57 Å². The van der Waals surface area contributed by atoms with Crippen LogP contribution >= 0.6 is 0 Å². The second-order valence-electron chi connectivity index (χ2n) is 14.2. The summed E-state index contributed by atoms with van der Waals surface area (Å²) in [5.74, 6) is 0. The van der Waals surface area contributed by atoms with Gasteiger partial charge in [0.25, 0.3) is 0 Å². The predicted octanol–water partition coefficient (Wildman–Crippen LogP) is 14.5. The van der Waals surface area contributed by atoms with Gasteiger partial charge in [0.2, 0.25) is 0 Å². The highest BCUT2D eigenvalue weighted by Crippen LogP contribution is 2.43. The average Bonchev–Trinajstić information content (AvgIpc) is 3.58. The van der Waals surface area contributed by atoms with E-state index < -0.39 is 0 Å². The minimum absolute atomic E-state index is 1.11. The zero-order valence-corrected chi connectivity index (χ0v) is 29.5. The minimum Gasteiger partial charge on any atom is -0.310 e. The number of para-hydroxylation sites is 2. The van der Waals surface area contributed by atoms with Crippen molar-refractivity contribution >= 4 is 82.0 Å². The van der Waals surface area contributed by atoms with E-state index in [1.807, 2.05) is 0 Å². The Morgan fingerprint density at radius 3 is 1.57 bits per heavy atom. The van der Waals surface area contributed by atoms with E-state index in [1.165, 1.54) is 76.0 Å². The standard InChI is InChI=1S/C52H34N2/c1-3-11-35(12-4-1)36-25-27-42(28-26-36)53(44-30-32-50-48(34-44)47-17-9-10-18-49(47)54(50)41-14-5-2-6-15-41)43-29-31-46-40(33-43)24-23-39-22-21-38-20-19-37-13-7-8-16-45(37)51(38)52(39)46/h1-34H. The molecule has 11 aromatic rings. The normalized spacial score (nSPS) is 11.7. The van der Waals surface area contributed by atoms with Gasteiger partial charge in [-0.05, 0) is 115 Å². The molecule has 1 heterocycles. The highest BCUT2D eigenvalue weighted by molar-refractivity contribution is 6.27. The van der Waals surface area contributed by atoms with Crippen LogP contribution in [0.5, 0.6) is 0 Å². The fourth-order valence-corrected chi connectivity index (χ4v) is 8.61. The lowest BCUT2D eigenvalue weighted by atomic mass is 9.93. The molecule has 0 fully saturated rings. The van der Waals surface area contributed by atoms with Crippen molar-refractivity contribution in [2.24, 2.45) is 0 Å². The molecule has 0 atom stereocenters. The van der Waals surface area contributed by atoms with E-state index in [4.69, 9.17) is 0 Å². The highest BCUT2D eigenvalue weighted by Gasteiger charge is 2.19. The summed E-state index contributed by atoms with van der Waals surface area (Å²) >= 11 is 0. The van der Waals surface area contributed by atoms with Crippen LogP contribution in [0.2, 0.25) is 0 Å². The summed E-state index contributed by atoms with van der Waals surface area (Å²) in [5.41, 5.74) is 9.30. The Labute approximate surface area is 313 Å². The van der Waals surface area contributed by atoms with Gasteiger partial charge in [0, 0.05) is 33.5 Å². The Kier molecular flexibility index (Phi) is 6.90. The van der Waals surface area contributed by atoms with E-state index in [-0.39, 0.29) is 0 Å². The fourth-order valence-electron chi connectivity index (χ4n) is 8.61. The summed E-state index contributed by atoms with van der Waals surface area (Å²) in [5, 5.41) is 12.6. The van der Waals surface area contributed by atoms with Crippen molar-refractivity contribution in [2.45, 2.75) is 0 Å². The molecule has 0 aliphatic carbocycles. The topological polar surface area (TPSA) is 8.17 Å². The Balaban J connectivity index is 1.14. The zero-order chi connectivity index (χ0) is 35.6. The third kappa shape index (κ3) is 4.81. The van der Waals surface area contributed by atoms with E-state index in [9.17, 15) is 0 Å². The van der Waals surface area contributed by atoms with Crippen LogP contribution in [0.4, 0.5) is 17.1 Å². The number of nitrogens with zero attached hydrogens (tertiary/aromatic N) is 2. The summed E-state index contributed by atoms with van der Waals surface area (Å²) in [4.78, 5) is 2.41. The van der Waals surface area contributed by atoms with Gasteiger partial charge in [-0.2, -0.15) is 0 Å². The molecule has 0 spiro atoms. The van der Waals surface area contributed by atoms with Crippen molar-refractivity contribution in [3.8, 4) is 16.8 Å². The lowest BCUT2D eigenvalue weighted by molar-refractivity contribution is 1.18. The quantitative estimate of drug-likeness (QED) is 0.164. The molecule has 252 valence electrons. The van der Waals surface area contributed by atoms with Crippen molar-refractivity contribution in [3.05, 3.63) is 206 Å². The summed E-state index contributed by atoms with van der Waals surface area (Å²) in [6, 6.07) is 75.3. The summed E-state index contributed by atoms with van der Waals surface area (Å²) in [6.45, 7) is 0. The van der Waals surface area contributed by atoms with Crippen molar-refractivity contribution < 1.29 is 0 Å². The third-order valence-electron chi connectivity index (χ3n) is 11.1. The average molecular weight is 687 g/mol. The van der Waals surface area contributed by atoms with Gasteiger partial charge in [-0.3, -0.25) is 0 Å². The number of rotatable bonds is 5. The second kappa shape index (κ2) is 12.2. The molecule has 0 saturated carbocycles. The molecule has 0 N–H and O–H groups in total. The first-order valence-corrected chi connectivity index (χ1v) is 18.6. The minimum atomic E-state index is 1.11. The maximum absolute atomic E-state index is 2.41. The van der Waals surface area contributed by atoms with Gasteiger partial charge >= 0.3 is 0 Å². The van der Waals surface area contributed by atoms with Gasteiger partial charge in [-0.15, -0.1) is 0 Å². The predicted molar refractivity (Wildman–Crippen MR) is 231 cm³/mol. The van der Waals surface area contributed by atoms with Gasteiger partial charge in [0.15, 0.2) is 0 Å². The molecule has 0 aliphatic heterocycles. The lowest BCUT2D eigenvalue weighted by Crippen LogP contribution is -2.10. The molecule has 11 rings (SSSR count). The zero-order valence-electron chi connectivity index (χ0n) is 29.5. The molecule has 0 aliphatic rings. The smallest absolute Gasteiger partial charge is 0.0542 e. The van der Waals surface area contributed by atoms with E-state index in [0.717, 1.165) is 22.7 Å². The van der Waals surface area contributed by atoms with E-state index in [0.29, 0.717) is 0 Å². The summed E-state index contributed by atoms with van der Waals surface area (Å²) in [6.07, 6.45) is 0. The molecule has 0 saturated heterocycles. The van der Waals surface area contributed by atoms with Crippen LogP contribution < -0.4 is 4.90 Å². The summed E-state index contributed by atoms with van der Waals surface area (Å²) in [7, 11) is 0. The van der Waals surface area contributed by atoms with Crippen molar-refractivity contribution in [3.63, 3.8) is 0 Å². The van der Waals surface area contributed by atoms with Crippen LogP contribution in [-0.4, -0.2) is 4.57 Å². The maximum Gasteiger partial charge on any atom is 0.0542 e. The maximum atomic E-state index is 2.41. The highest BCUT2D eigenvalue weighted by atomic mass is 15.1. The van der Waals surface area contributed by atoms with Crippen LogP contribution in [0.25, 0.3) is 81.7 Å². The molecule has 0 radical (unpaired) electrons. The first-order valence-electron chi connectivity index (χ1n) is 18.6. The number of fused-ring (bicyclic) bond motifs is 10. The fraction of sp³-hybridized carbons (Fsp3) is 0. The second-order valence-corrected chi connectivity index (χ2v) is 14.2. The molecule has 0 amide bonds. The Hall–Kier alpha value is -7.16. The molecule has 54 heavy (non-hydrogen) atoms. The van der Waals surface area contributed by atoms with Gasteiger partial charge < -0.3 is 9.47 Å². The van der Waals surface area contributed by atoms with Gasteiger partial charge in [0.05, 0.1) is 11.0 Å². The number of benzene rings is 10. The Morgan fingerprint density at radius 1 is 0.296 bits per heavy atom. The van der Waals surface area contributed by atoms with Gasteiger partial charge in [-0.25, -0.2) is 0 Å². The molecule has 2 nitrogen and oxygen atoms in total. The number of hydrogen-bond acceptors (Lipinski definition) is 1. The molecular weight excluding hydrogens is 653 g/mol. The molecule has 2 heteroatoms. The van der Waals surface area contributed by atoms with E-state index in [1.54, 1.807) is 0 Å². The van der Waals surface area contributed by atoms with E-state index in [2.05, 4.69) is 216 Å². The molecule has 0 bridgehead atoms. The molecule has 10 aromatic carbocycles. The van der Waals surface area contributed by atoms with Crippen molar-refractivity contribution in [1.29, 1.82) is 0 Å². The monoisotopic (exact) mass is 686 g/mol. The Morgan fingerprint density at radius 2 is 0.815 bits per heavy atom. The number of anilines is 3. The van der Waals surface area contributed by atoms with Gasteiger partial charge in [0.1, 0.15) is 0 Å². The van der Waals surface area contributed by atoms with Crippen LogP contribution in [0.15, 0.2) is 206 Å². The number of hydrogen-bond donors (Lipinski definition) is 0. The molecule has 0 unspecified atom stereocenters. The van der Waals surface area contributed by atoms with Crippen molar-refractivity contribution in [2.75, 3.05) is 4.90 Å². The largest absolute Gasteiger partial charge is 0.310 e.